The minimum atomic E-state index is -1.47. The second-order valence-corrected chi connectivity index (χ2v) is 5.42. The molecule has 3 heteroatoms. The van der Waals surface area contributed by atoms with Crippen molar-refractivity contribution in [2.75, 3.05) is 0 Å². The van der Waals surface area contributed by atoms with Crippen molar-refractivity contribution in [3.8, 4) is 0 Å². The summed E-state index contributed by atoms with van der Waals surface area (Å²) in [7, 11) is 0. The zero-order valence-electron chi connectivity index (χ0n) is 13.0. The number of rotatable bonds is 5. The Morgan fingerprint density at radius 3 is 1.58 bits per heavy atom. The van der Waals surface area contributed by atoms with Gasteiger partial charge >= 0.3 is 5.97 Å². The van der Waals surface area contributed by atoms with E-state index in [1.165, 1.54) is 0 Å². The van der Waals surface area contributed by atoms with Crippen molar-refractivity contribution >= 4 is 12.2 Å². The molecule has 24 heavy (non-hydrogen) atoms. The van der Waals surface area contributed by atoms with Crippen LogP contribution in [0.4, 0.5) is 0 Å². The van der Waals surface area contributed by atoms with Crippen LogP contribution in [0.15, 0.2) is 96.0 Å². The molecule has 0 spiro atoms. The smallest absolute Gasteiger partial charge is 0.340 e. The van der Waals surface area contributed by atoms with Gasteiger partial charge in [0.1, 0.15) is 0 Å². The first-order valence-electron chi connectivity index (χ1n) is 7.68. The normalized spacial score (nSPS) is 11.5. The van der Waals surface area contributed by atoms with Crippen LogP contribution in [0.2, 0.25) is 0 Å². The van der Waals surface area contributed by atoms with E-state index in [1.807, 2.05) is 66.7 Å². The van der Waals surface area contributed by atoms with E-state index in [2.05, 4.69) is 4.99 Å². The summed E-state index contributed by atoms with van der Waals surface area (Å²) >= 11 is 0. The van der Waals surface area contributed by atoms with Gasteiger partial charge in [0, 0.05) is 6.21 Å². The molecule has 3 rings (SSSR count). The van der Waals surface area contributed by atoms with Gasteiger partial charge in [-0.25, -0.2) is 4.79 Å². The monoisotopic (exact) mass is 315 g/mol. The van der Waals surface area contributed by atoms with E-state index in [9.17, 15) is 9.90 Å². The molecule has 0 aromatic heterocycles. The van der Waals surface area contributed by atoms with E-state index >= 15 is 0 Å². The molecule has 0 bridgehead atoms. The van der Waals surface area contributed by atoms with Gasteiger partial charge in [-0.05, 0) is 16.7 Å². The number of aliphatic imine (C=N–C) groups is 1. The summed E-state index contributed by atoms with van der Waals surface area (Å²) < 4.78 is 0. The zero-order chi connectivity index (χ0) is 16.8. The third-order valence-electron chi connectivity index (χ3n) is 3.90. The van der Waals surface area contributed by atoms with Gasteiger partial charge < -0.3 is 5.11 Å². The summed E-state index contributed by atoms with van der Waals surface area (Å²) in [6.45, 7) is 0. The standard InChI is InChI=1S/C21H17NO2/c23-20(24)21(18-12-6-2-7-13-18,19-14-8-3-9-15-19)22-16-17-10-4-1-5-11-17/h1-16H,(H,23,24). The van der Waals surface area contributed by atoms with Gasteiger partial charge in [-0.2, -0.15) is 0 Å². The minimum Gasteiger partial charge on any atom is -0.479 e. The summed E-state index contributed by atoms with van der Waals surface area (Å²) in [6, 6.07) is 27.7. The average molecular weight is 315 g/mol. The summed E-state index contributed by atoms with van der Waals surface area (Å²) in [6.07, 6.45) is 1.62. The molecule has 118 valence electrons. The first-order valence-corrected chi connectivity index (χ1v) is 7.68. The number of carboxylic acids is 1. The number of carbonyl (C=O) groups is 1. The van der Waals surface area contributed by atoms with Gasteiger partial charge in [0.05, 0.1) is 0 Å². The van der Waals surface area contributed by atoms with Crippen LogP contribution in [0.1, 0.15) is 16.7 Å². The zero-order valence-corrected chi connectivity index (χ0v) is 13.0. The topological polar surface area (TPSA) is 49.7 Å². The molecule has 0 saturated heterocycles. The predicted octanol–water partition coefficient (Wildman–Crippen LogP) is 4.13. The third kappa shape index (κ3) is 2.97. The molecule has 0 aliphatic heterocycles. The summed E-state index contributed by atoms with van der Waals surface area (Å²) in [4.78, 5) is 16.9. The molecule has 0 unspecified atom stereocenters. The number of hydrogen-bond acceptors (Lipinski definition) is 2. The molecule has 3 aromatic carbocycles. The summed E-state index contributed by atoms with van der Waals surface area (Å²) in [5.41, 5.74) is 0.625. The van der Waals surface area contributed by atoms with Crippen LogP contribution in [0, 0.1) is 0 Å². The highest BCUT2D eigenvalue weighted by Gasteiger charge is 2.41. The van der Waals surface area contributed by atoms with E-state index in [4.69, 9.17) is 0 Å². The van der Waals surface area contributed by atoms with Gasteiger partial charge in [-0.3, -0.25) is 4.99 Å². The first-order chi connectivity index (χ1) is 11.7. The highest BCUT2D eigenvalue weighted by atomic mass is 16.4. The summed E-state index contributed by atoms with van der Waals surface area (Å²) in [5.74, 6) is -1.01. The molecule has 1 N–H and O–H groups in total. The molecular weight excluding hydrogens is 298 g/mol. The fourth-order valence-corrected chi connectivity index (χ4v) is 2.69. The number of benzene rings is 3. The Bertz CT molecular complexity index is 788. The number of aliphatic carboxylic acids is 1. The van der Waals surface area contributed by atoms with E-state index < -0.39 is 11.5 Å². The van der Waals surface area contributed by atoms with Crippen LogP contribution in [-0.4, -0.2) is 17.3 Å². The Balaban J connectivity index is 2.20. The highest BCUT2D eigenvalue weighted by Crippen LogP contribution is 2.34. The number of hydrogen-bond donors (Lipinski definition) is 1. The first kappa shape index (κ1) is 15.7. The van der Waals surface area contributed by atoms with Crippen molar-refractivity contribution in [2.45, 2.75) is 5.54 Å². The molecule has 0 saturated carbocycles. The largest absolute Gasteiger partial charge is 0.479 e. The lowest BCUT2D eigenvalue weighted by atomic mass is 9.83. The molecule has 3 nitrogen and oxygen atoms in total. The fraction of sp³-hybridized carbons (Fsp3) is 0.0476. The van der Waals surface area contributed by atoms with Crippen molar-refractivity contribution in [3.63, 3.8) is 0 Å². The van der Waals surface area contributed by atoms with Crippen molar-refractivity contribution in [1.82, 2.24) is 0 Å². The second kappa shape index (κ2) is 6.92. The Kier molecular flexibility index (Phi) is 4.52. The van der Waals surface area contributed by atoms with Crippen molar-refractivity contribution < 1.29 is 9.90 Å². The van der Waals surface area contributed by atoms with Crippen LogP contribution in [0.3, 0.4) is 0 Å². The molecule has 3 aromatic rings. The highest BCUT2D eigenvalue weighted by molar-refractivity contribution is 5.90. The maximum absolute atomic E-state index is 12.3. The van der Waals surface area contributed by atoms with Crippen LogP contribution in [-0.2, 0) is 10.3 Å². The SMILES string of the molecule is O=C(O)C(N=Cc1ccccc1)(c1ccccc1)c1ccccc1. The van der Waals surface area contributed by atoms with Crippen LogP contribution < -0.4 is 0 Å². The molecular formula is C21H17NO2. The van der Waals surface area contributed by atoms with Gasteiger partial charge in [0.25, 0.3) is 0 Å². The molecule has 0 fully saturated rings. The van der Waals surface area contributed by atoms with Crippen molar-refractivity contribution in [2.24, 2.45) is 4.99 Å². The van der Waals surface area contributed by atoms with Gasteiger partial charge in [-0.15, -0.1) is 0 Å². The Labute approximate surface area is 140 Å². The second-order valence-electron chi connectivity index (χ2n) is 5.42. The predicted molar refractivity (Wildman–Crippen MR) is 95.3 cm³/mol. The quantitative estimate of drug-likeness (QED) is 0.720. The van der Waals surface area contributed by atoms with E-state index in [0.29, 0.717) is 11.1 Å². The molecule has 0 atom stereocenters. The Hall–Kier alpha value is -3.20. The van der Waals surface area contributed by atoms with Gasteiger partial charge in [-0.1, -0.05) is 91.0 Å². The van der Waals surface area contributed by atoms with E-state index in [1.54, 1.807) is 30.5 Å². The Morgan fingerprint density at radius 2 is 1.17 bits per heavy atom. The Morgan fingerprint density at radius 1 is 0.750 bits per heavy atom. The number of nitrogens with zero attached hydrogens (tertiary/aromatic N) is 1. The summed E-state index contributed by atoms with van der Waals surface area (Å²) in [5, 5.41) is 10.1. The van der Waals surface area contributed by atoms with Crippen LogP contribution >= 0.6 is 0 Å². The lowest BCUT2D eigenvalue weighted by molar-refractivity contribution is -0.141. The maximum atomic E-state index is 12.3. The molecule has 0 radical (unpaired) electrons. The number of carboxylic acid groups (broad SMARTS) is 1. The van der Waals surface area contributed by atoms with E-state index in [0.717, 1.165) is 5.56 Å². The van der Waals surface area contributed by atoms with Crippen LogP contribution in [0.5, 0.6) is 0 Å². The van der Waals surface area contributed by atoms with Crippen molar-refractivity contribution in [3.05, 3.63) is 108 Å². The lowest BCUT2D eigenvalue weighted by Gasteiger charge is -2.26. The average Bonchev–Trinajstić information content (AvgIpc) is 2.65. The lowest BCUT2D eigenvalue weighted by Crippen LogP contribution is -2.35. The van der Waals surface area contributed by atoms with Gasteiger partial charge in [0.15, 0.2) is 0 Å². The molecule has 0 aliphatic carbocycles. The van der Waals surface area contributed by atoms with Gasteiger partial charge in [0.2, 0.25) is 5.54 Å². The fourth-order valence-electron chi connectivity index (χ4n) is 2.69. The van der Waals surface area contributed by atoms with Crippen LogP contribution in [0.25, 0.3) is 0 Å². The molecule has 0 amide bonds. The maximum Gasteiger partial charge on any atom is 0.340 e. The molecule has 0 heterocycles. The molecule has 0 aliphatic rings. The van der Waals surface area contributed by atoms with Crippen molar-refractivity contribution in [1.29, 1.82) is 0 Å². The minimum absolute atomic E-state index is 0.621. The van der Waals surface area contributed by atoms with E-state index in [-0.39, 0.29) is 0 Å². The third-order valence-corrected chi connectivity index (χ3v) is 3.90.